The minimum atomic E-state index is -0.235. The molecule has 0 saturated heterocycles. The van der Waals surface area contributed by atoms with Crippen molar-refractivity contribution >= 4 is 107 Å². The molecule has 0 spiro atoms. The number of likely N-dealkylation sites (N-methyl/N-ethyl adjacent to an activating group) is 1. The number of hydrogen-bond donors (Lipinski definition) is 6. The standard InChI is InChI=1S/C20H25BrIN3O.C20H25ClIN3O3/c1-4-25(5-2)11-10-23-20(26)17-13-15(21)6-8-19(17)24-18-9-7-16(22)12-14(18)3;1-14-12-16(22)3-5-18(14)24-19-4-2-15(21)13-17(19)20(28)23-6-7-25(8-10-26)9-11-27/h6-9,12-13,24H,4-5,10-11H2,1-3H3,(H,23,26);2-5,12-13,24,26-27H,6-11H2,1H3,(H,23,28). The van der Waals surface area contributed by atoms with Crippen LogP contribution in [0.4, 0.5) is 22.7 Å². The van der Waals surface area contributed by atoms with Gasteiger partial charge in [0.05, 0.1) is 35.7 Å². The Kier molecular flexibility index (Phi) is 20.6. The van der Waals surface area contributed by atoms with Gasteiger partial charge in [-0.15, -0.1) is 0 Å². The van der Waals surface area contributed by atoms with E-state index in [4.69, 9.17) is 21.8 Å². The number of nitrogens with one attached hydrogen (secondary N) is 4. The van der Waals surface area contributed by atoms with E-state index in [1.807, 2.05) is 48.2 Å². The summed E-state index contributed by atoms with van der Waals surface area (Å²) in [4.78, 5) is 29.6. The van der Waals surface area contributed by atoms with Crippen molar-refractivity contribution in [2.75, 3.05) is 76.2 Å². The van der Waals surface area contributed by atoms with Crippen molar-refractivity contribution < 1.29 is 19.8 Å². The van der Waals surface area contributed by atoms with Gasteiger partial charge in [0.25, 0.3) is 11.8 Å². The van der Waals surface area contributed by atoms with Gasteiger partial charge in [0.2, 0.25) is 0 Å². The molecule has 292 valence electrons. The van der Waals surface area contributed by atoms with E-state index in [1.54, 1.807) is 18.2 Å². The number of rotatable bonds is 18. The van der Waals surface area contributed by atoms with E-state index in [-0.39, 0.29) is 25.0 Å². The lowest BCUT2D eigenvalue weighted by atomic mass is 10.1. The molecule has 0 radical (unpaired) electrons. The molecule has 4 rings (SSSR count). The highest BCUT2D eigenvalue weighted by Crippen LogP contribution is 2.28. The van der Waals surface area contributed by atoms with Gasteiger partial charge in [-0.25, -0.2) is 0 Å². The molecule has 0 heterocycles. The molecule has 10 nitrogen and oxygen atoms in total. The van der Waals surface area contributed by atoms with Crippen molar-refractivity contribution in [2.45, 2.75) is 27.7 Å². The van der Waals surface area contributed by atoms with Crippen LogP contribution in [-0.4, -0.2) is 97.4 Å². The Morgan fingerprint density at radius 2 is 1.09 bits per heavy atom. The number of aliphatic hydroxyl groups is 2. The van der Waals surface area contributed by atoms with Crippen molar-refractivity contribution in [1.82, 2.24) is 20.4 Å². The summed E-state index contributed by atoms with van der Waals surface area (Å²) < 4.78 is 3.22. The summed E-state index contributed by atoms with van der Waals surface area (Å²) in [6.07, 6.45) is 0. The van der Waals surface area contributed by atoms with Crippen LogP contribution in [0.15, 0.2) is 77.3 Å². The quantitative estimate of drug-likeness (QED) is 0.0551. The number of carbonyl (C=O) groups is 2. The molecule has 0 aliphatic rings. The van der Waals surface area contributed by atoms with E-state index in [1.165, 1.54) is 3.57 Å². The fourth-order valence-corrected chi connectivity index (χ4v) is 7.28. The van der Waals surface area contributed by atoms with Crippen LogP contribution in [0, 0.1) is 21.0 Å². The van der Waals surface area contributed by atoms with E-state index in [0.717, 1.165) is 55.9 Å². The zero-order chi connectivity index (χ0) is 39.6. The molecule has 6 N–H and O–H groups in total. The van der Waals surface area contributed by atoms with Gasteiger partial charge in [-0.3, -0.25) is 14.5 Å². The number of anilines is 4. The highest BCUT2D eigenvalue weighted by molar-refractivity contribution is 14.1. The van der Waals surface area contributed by atoms with Crippen LogP contribution in [0.5, 0.6) is 0 Å². The minimum absolute atomic E-state index is 0.00563. The summed E-state index contributed by atoms with van der Waals surface area (Å²) in [5, 5.41) is 31.2. The van der Waals surface area contributed by atoms with Gasteiger partial charge in [0.1, 0.15) is 0 Å². The topological polar surface area (TPSA) is 129 Å². The monoisotopic (exact) mass is 1050 g/mol. The first-order valence-corrected chi connectivity index (χ1v) is 21.1. The lowest BCUT2D eigenvalue weighted by Gasteiger charge is -2.20. The second kappa shape index (κ2) is 24.2. The van der Waals surface area contributed by atoms with Crippen molar-refractivity contribution in [3.05, 3.63) is 112 Å². The van der Waals surface area contributed by atoms with Gasteiger partial charge < -0.3 is 36.4 Å². The van der Waals surface area contributed by atoms with Gasteiger partial charge in [0.15, 0.2) is 0 Å². The Bertz CT molecular complexity index is 1830. The van der Waals surface area contributed by atoms with Crippen LogP contribution < -0.4 is 21.3 Å². The molecule has 0 unspecified atom stereocenters. The van der Waals surface area contributed by atoms with Crippen LogP contribution in [-0.2, 0) is 0 Å². The Morgan fingerprint density at radius 3 is 1.56 bits per heavy atom. The van der Waals surface area contributed by atoms with Crippen LogP contribution >= 0.6 is 72.7 Å². The zero-order valence-corrected chi connectivity index (χ0v) is 37.8. The lowest BCUT2D eigenvalue weighted by Crippen LogP contribution is -2.38. The van der Waals surface area contributed by atoms with E-state index in [9.17, 15) is 9.59 Å². The van der Waals surface area contributed by atoms with E-state index < -0.39 is 0 Å². The third-order valence-corrected chi connectivity index (χ3v) is 10.6. The first-order chi connectivity index (χ1) is 25.9. The molecule has 0 fully saturated rings. The highest BCUT2D eigenvalue weighted by Gasteiger charge is 2.15. The number of carbonyl (C=O) groups excluding carboxylic acids is 2. The number of hydrogen-bond acceptors (Lipinski definition) is 8. The largest absolute Gasteiger partial charge is 0.395 e. The molecule has 4 aromatic carbocycles. The number of halogens is 4. The summed E-state index contributed by atoms with van der Waals surface area (Å²) in [7, 11) is 0. The Morgan fingerprint density at radius 1 is 0.648 bits per heavy atom. The molecule has 14 heteroatoms. The second-order valence-corrected chi connectivity index (χ2v) is 16.2. The predicted molar refractivity (Wildman–Crippen MR) is 243 cm³/mol. The third kappa shape index (κ3) is 15.2. The van der Waals surface area contributed by atoms with Crippen molar-refractivity contribution in [1.29, 1.82) is 0 Å². The smallest absolute Gasteiger partial charge is 0.253 e. The molecule has 0 aliphatic heterocycles. The third-order valence-electron chi connectivity index (χ3n) is 8.52. The van der Waals surface area contributed by atoms with Crippen LogP contribution in [0.1, 0.15) is 45.7 Å². The first-order valence-electron chi connectivity index (χ1n) is 17.8. The fourth-order valence-electron chi connectivity index (χ4n) is 5.46. The van der Waals surface area contributed by atoms with E-state index in [0.29, 0.717) is 54.6 Å². The van der Waals surface area contributed by atoms with E-state index >= 15 is 0 Å². The maximum Gasteiger partial charge on any atom is 0.253 e. The molecule has 0 saturated carbocycles. The predicted octanol–water partition coefficient (Wildman–Crippen LogP) is 8.19. The molecule has 0 atom stereocenters. The van der Waals surface area contributed by atoms with Crippen molar-refractivity contribution in [2.24, 2.45) is 0 Å². The van der Waals surface area contributed by atoms with Crippen molar-refractivity contribution in [3.63, 3.8) is 0 Å². The SMILES string of the molecule is CCN(CC)CCNC(=O)c1cc(Br)ccc1Nc1ccc(I)cc1C.Cc1cc(I)ccc1Nc1ccc(Cl)cc1C(=O)NCCN(CCO)CCO. The number of amides is 2. The maximum atomic E-state index is 12.7. The number of aryl methyl sites for hydroxylation is 2. The molecule has 0 aromatic heterocycles. The summed E-state index contributed by atoms with van der Waals surface area (Å²) in [5.74, 6) is -0.301. The molecule has 4 aromatic rings. The molecular formula is C40H50BrClI2N6O4. The van der Waals surface area contributed by atoms with Gasteiger partial charge in [-0.05, 0) is 156 Å². The van der Waals surface area contributed by atoms with Crippen LogP contribution in [0.25, 0.3) is 0 Å². The van der Waals surface area contributed by atoms with E-state index in [2.05, 4.69) is 126 Å². The van der Waals surface area contributed by atoms with Crippen LogP contribution in [0.2, 0.25) is 5.02 Å². The molecule has 0 bridgehead atoms. The molecular weight excluding hydrogens is 998 g/mol. The molecule has 2 amide bonds. The number of nitrogens with zero attached hydrogens (tertiary/aromatic N) is 2. The first kappa shape index (κ1) is 45.9. The normalized spacial score (nSPS) is 10.9. The zero-order valence-electron chi connectivity index (χ0n) is 31.1. The van der Waals surface area contributed by atoms with Gasteiger partial charge >= 0.3 is 0 Å². The lowest BCUT2D eigenvalue weighted by molar-refractivity contribution is 0.0938. The van der Waals surface area contributed by atoms with Gasteiger partial charge in [-0.2, -0.15) is 0 Å². The number of benzene rings is 4. The van der Waals surface area contributed by atoms with Crippen molar-refractivity contribution in [3.8, 4) is 0 Å². The minimum Gasteiger partial charge on any atom is -0.395 e. The van der Waals surface area contributed by atoms with Gasteiger partial charge in [-0.1, -0.05) is 41.4 Å². The fraction of sp³-hybridized carbons (Fsp3) is 0.350. The number of aliphatic hydroxyl groups excluding tert-OH is 2. The summed E-state index contributed by atoms with van der Waals surface area (Å²) in [5.41, 5.74) is 6.73. The average molecular weight is 1050 g/mol. The molecule has 54 heavy (non-hydrogen) atoms. The van der Waals surface area contributed by atoms with Crippen LogP contribution in [0.3, 0.4) is 0 Å². The Labute approximate surface area is 360 Å². The summed E-state index contributed by atoms with van der Waals surface area (Å²) >= 11 is 14.1. The summed E-state index contributed by atoms with van der Waals surface area (Å²) in [6.45, 7) is 13.6. The molecule has 0 aliphatic carbocycles. The second-order valence-electron chi connectivity index (χ2n) is 12.4. The van der Waals surface area contributed by atoms with Gasteiger partial charge in [0, 0.05) is 67.3 Å². The average Bonchev–Trinajstić information content (AvgIpc) is 3.14. The maximum absolute atomic E-state index is 12.7. The summed E-state index contributed by atoms with van der Waals surface area (Å²) in [6, 6.07) is 23.2. The Hall–Kier alpha value is -2.51. The Balaban J connectivity index is 0.000000291. The highest BCUT2D eigenvalue weighted by atomic mass is 127.